The predicted octanol–water partition coefficient (Wildman–Crippen LogP) is 6.01. The molecule has 36 heavy (non-hydrogen) atoms. The van der Waals surface area contributed by atoms with E-state index in [2.05, 4.69) is 5.32 Å². The minimum absolute atomic E-state index is 0.146. The molecule has 5 aromatic rings. The first-order valence-corrected chi connectivity index (χ1v) is 11.7. The highest BCUT2D eigenvalue weighted by atomic mass is 16.5. The van der Waals surface area contributed by atoms with Crippen LogP contribution in [0.5, 0.6) is 0 Å². The summed E-state index contributed by atoms with van der Waals surface area (Å²) in [6.45, 7) is 2.89. The van der Waals surface area contributed by atoms with Crippen LogP contribution in [0.3, 0.4) is 0 Å². The number of hydrogen-bond acceptors (Lipinski definition) is 5. The summed E-state index contributed by atoms with van der Waals surface area (Å²) in [7, 11) is 0. The Balaban J connectivity index is 1.34. The lowest BCUT2D eigenvalue weighted by Gasteiger charge is -2.11. The van der Waals surface area contributed by atoms with Gasteiger partial charge >= 0.3 is 0 Å². The zero-order chi connectivity index (χ0) is 24.9. The maximum atomic E-state index is 13.2. The molecule has 6 nitrogen and oxygen atoms in total. The van der Waals surface area contributed by atoms with Gasteiger partial charge in [-0.2, -0.15) is 0 Å². The van der Waals surface area contributed by atoms with Crippen molar-refractivity contribution in [1.82, 2.24) is 5.32 Å². The number of fused-ring (bicyclic) bond motifs is 1. The van der Waals surface area contributed by atoms with Crippen molar-refractivity contribution < 1.29 is 18.4 Å². The van der Waals surface area contributed by atoms with Crippen molar-refractivity contribution in [2.24, 2.45) is 0 Å². The third-order valence-electron chi connectivity index (χ3n) is 5.96. The second kappa shape index (κ2) is 10.5. The van der Waals surface area contributed by atoms with Crippen molar-refractivity contribution in [3.63, 3.8) is 0 Å². The molecule has 0 fully saturated rings. The number of benzene rings is 3. The quantitative estimate of drug-likeness (QED) is 0.295. The van der Waals surface area contributed by atoms with Crippen molar-refractivity contribution in [2.45, 2.75) is 26.7 Å². The molecular weight excluding hydrogens is 454 g/mol. The molecule has 2 aromatic heterocycles. The van der Waals surface area contributed by atoms with Gasteiger partial charge in [0.1, 0.15) is 18.1 Å². The van der Waals surface area contributed by atoms with E-state index in [1.807, 2.05) is 66.7 Å². The van der Waals surface area contributed by atoms with Gasteiger partial charge in [0, 0.05) is 17.7 Å². The molecule has 0 spiro atoms. The molecule has 5 rings (SSSR count). The number of hydrogen-bond donors (Lipinski definition) is 1. The Morgan fingerprint density at radius 3 is 2.50 bits per heavy atom. The zero-order valence-electron chi connectivity index (χ0n) is 19.8. The van der Waals surface area contributed by atoms with E-state index >= 15 is 0 Å². The summed E-state index contributed by atoms with van der Waals surface area (Å²) < 4.78 is 17.2. The van der Waals surface area contributed by atoms with E-state index in [4.69, 9.17) is 13.6 Å². The van der Waals surface area contributed by atoms with E-state index in [9.17, 15) is 9.59 Å². The first kappa shape index (κ1) is 23.3. The fourth-order valence-corrected chi connectivity index (χ4v) is 4.12. The average molecular weight is 480 g/mol. The van der Waals surface area contributed by atoms with E-state index in [0.717, 1.165) is 22.5 Å². The number of rotatable bonds is 8. The Bertz CT molecular complexity index is 1550. The second-order valence-corrected chi connectivity index (χ2v) is 8.51. The molecular formula is C30H25NO5. The van der Waals surface area contributed by atoms with E-state index in [1.165, 1.54) is 0 Å². The molecule has 6 heteroatoms. The van der Waals surface area contributed by atoms with Crippen molar-refractivity contribution in [3.05, 3.63) is 129 Å². The molecule has 0 unspecified atom stereocenters. The van der Waals surface area contributed by atoms with Gasteiger partial charge in [0.2, 0.25) is 0 Å². The van der Waals surface area contributed by atoms with Crippen LogP contribution in [0.1, 0.15) is 32.8 Å². The summed E-state index contributed by atoms with van der Waals surface area (Å²) in [4.78, 5) is 26.2. The monoisotopic (exact) mass is 479 g/mol. The largest absolute Gasteiger partial charge is 0.467 e. The van der Waals surface area contributed by atoms with E-state index in [-0.39, 0.29) is 16.9 Å². The van der Waals surface area contributed by atoms with Gasteiger partial charge in [-0.15, -0.1) is 0 Å². The molecule has 0 aliphatic carbocycles. The Kier molecular flexibility index (Phi) is 6.78. The molecule has 0 radical (unpaired) electrons. The molecule has 2 heterocycles. The van der Waals surface area contributed by atoms with Crippen LogP contribution in [0.15, 0.2) is 105 Å². The van der Waals surface area contributed by atoms with Crippen LogP contribution in [0.25, 0.3) is 22.3 Å². The molecule has 1 amide bonds. The van der Waals surface area contributed by atoms with Crippen molar-refractivity contribution in [3.8, 4) is 11.3 Å². The lowest BCUT2D eigenvalue weighted by Crippen LogP contribution is -2.23. The van der Waals surface area contributed by atoms with Crippen molar-refractivity contribution in [1.29, 1.82) is 0 Å². The van der Waals surface area contributed by atoms with Crippen LogP contribution >= 0.6 is 0 Å². The molecule has 3 aromatic carbocycles. The topological polar surface area (TPSA) is 81.7 Å². The van der Waals surface area contributed by atoms with Crippen LogP contribution in [-0.4, -0.2) is 5.91 Å². The lowest BCUT2D eigenvalue weighted by molar-refractivity contribution is 0.0928. The molecule has 0 atom stereocenters. The molecule has 180 valence electrons. The summed E-state index contributed by atoms with van der Waals surface area (Å²) in [5.41, 5.74) is 3.68. The predicted molar refractivity (Wildman–Crippen MR) is 137 cm³/mol. The SMILES string of the molecule is Cc1c(-c2ccccc2)oc2c(C(=O)NCc3cccc(COCc4ccco4)c3)cccc2c1=O. The highest BCUT2D eigenvalue weighted by Gasteiger charge is 2.18. The molecule has 1 N–H and O–H groups in total. The van der Waals surface area contributed by atoms with Crippen LogP contribution in [-0.2, 0) is 24.5 Å². The summed E-state index contributed by atoms with van der Waals surface area (Å²) in [6, 6.07) is 26.0. The highest BCUT2D eigenvalue weighted by Crippen LogP contribution is 2.27. The Morgan fingerprint density at radius 2 is 1.69 bits per heavy atom. The number of carbonyl (C=O) groups is 1. The molecule has 0 aliphatic rings. The first-order valence-electron chi connectivity index (χ1n) is 11.7. The Morgan fingerprint density at radius 1 is 0.889 bits per heavy atom. The Labute approximate surface area is 208 Å². The molecule has 0 saturated carbocycles. The molecule has 0 saturated heterocycles. The average Bonchev–Trinajstić information content (AvgIpc) is 3.43. The number of carbonyl (C=O) groups excluding carboxylic acids is 1. The van der Waals surface area contributed by atoms with Crippen LogP contribution in [0.4, 0.5) is 0 Å². The number of ether oxygens (including phenoxy) is 1. The van der Waals surface area contributed by atoms with Crippen LogP contribution in [0, 0.1) is 6.92 Å². The summed E-state index contributed by atoms with van der Waals surface area (Å²) >= 11 is 0. The normalized spacial score (nSPS) is 11.0. The van der Waals surface area contributed by atoms with Crippen LogP contribution in [0.2, 0.25) is 0 Å². The minimum Gasteiger partial charge on any atom is -0.467 e. The fraction of sp³-hybridized carbons (Fsp3) is 0.133. The van der Waals surface area contributed by atoms with Gasteiger partial charge in [-0.1, -0.05) is 60.7 Å². The van der Waals surface area contributed by atoms with Crippen molar-refractivity contribution >= 4 is 16.9 Å². The third-order valence-corrected chi connectivity index (χ3v) is 5.96. The van der Waals surface area contributed by atoms with E-state index in [0.29, 0.717) is 42.0 Å². The zero-order valence-corrected chi connectivity index (χ0v) is 19.8. The number of nitrogens with one attached hydrogen (secondary N) is 1. The number of furan rings is 1. The van der Waals surface area contributed by atoms with Gasteiger partial charge in [0.05, 0.1) is 23.8 Å². The van der Waals surface area contributed by atoms with Crippen LogP contribution < -0.4 is 10.7 Å². The molecule has 0 bridgehead atoms. The second-order valence-electron chi connectivity index (χ2n) is 8.51. The lowest BCUT2D eigenvalue weighted by atomic mass is 10.0. The third kappa shape index (κ3) is 4.99. The summed E-state index contributed by atoms with van der Waals surface area (Å²) in [6.07, 6.45) is 1.62. The number of amides is 1. The maximum absolute atomic E-state index is 13.2. The Hall–Kier alpha value is -4.42. The first-order chi connectivity index (χ1) is 17.6. The van der Waals surface area contributed by atoms with E-state index in [1.54, 1.807) is 31.4 Å². The van der Waals surface area contributed by atoms with Crippen molar-refractivity contribution in [2.75, 3.05) is 0 Å². The van der Waals surface area contributed by atoms with Gasteiger partial charge < -0.3 is 18.9 Å². The number of para-hydroxylation sites is 1. The maximum Gasteiger partial charge on any atom is 0.255 e. The fourth-order valence-electron chi connectivity index (χ4n) is 4.12. The highest BCUT2D eigenvalue weighted by molar-refractivity contribution is 6.05. The smallest absolute Gasteiger partial charge is 0.255 e. The standard InChI is InChI=1S/C30H25NO5/c1-20-27(32)25-13-6-14-26(29(25)36-28(20)23-10-3-2-4-11-23)30(33)31-17-21-8-5-9-22(16-21)18-34-19-24-12-7-15-35-24/h2-16H,17-19H2,1H3,(H,31,33). The van der Waals surface area contributed by atoms with Gasteiger partial charge in [-0.3, -0.25) is 9.59 Å². The van der Waals surface area contributed by atoms with Gasteiger partial charge in [0.25, 0.3) is 5.91 Å². The van der Waals surface area contributed by atoms with E-state index < -0.39 is 0 Å². The van der Waals surface area contributed by atoms with Gasteiger partial charge in [-0.05, 0) is 42.3 Å². The summed E-state index contributed by atoms with van der Waals surface area (Å²) in [5, 5.41) is 3.33. The van der Waals surface area contributed by atoms with Gasteiger partial charge in [0.15, 0.2) is 11.0 Å². The van der Waals surface area contributed by atoms with Gasteiger partial charge in [-0.25, -0.2) is 0 Å². The summed E-state index contributed by atoms with van der Waals surface area (Å²) in [5.74, 6) is 0.924. The minimum atomic E-state index is -0.314. The molecule has 0 aliphatic heterocycles.